The van der Waals surface area contributed by atoms with Gasteiger partial charge < -0.3 is 28.3 Å². The SMILES string of the molecule is Cc1ccc(S(=O)(=O)Oc2ccc(OCCCOc3cccc(OC(C)(C)C(=O)[O-])c3)cc2)cc1. The average Bonchev–Trinajstić information content (AvgIpc) is 2.80. The second kappa shape index (κ2) is 11.1. The van der Waals surface area contributed by atoms with Crippen molar-refractivity contribution in [3.8, 4) is 23.0 Å². The van der Waals surface area contributed by atoms with Crippen LogP contribution >= 0.6 is 0 Å². The Kier molecular flexibility index (Phi) is 8.24. The van der Waals surface area contributed by atoms with Gasteiger partial charge in [-0.1, -0.05) is 23.8 Å². The molecule has 8 nitrogen and oxygen atoms in total. The fraction of sp³-hybridized carbons (Fsp3) is 0.269. The Morgan fingerprint density at radius 3 is 2.03 bits per heavy atom. The molecule has 0 spiro atoms. The zero-order valence-corrected chi connectivity index (χ0v) is 20.5. The lowest BCUT2D eigenvalue weighted by Crippen LogP contribution is -2.47. The van der Waals surface area contributed by atoms with E-state index in [2.05, 4.69) is 0 Å². The molecule has 0 radical (unpaired) electrons. The molecule has 0 aliphatic carbocycles. The maximum absolute atomic E-state index is 12.4. The Labute approximate surface area is 205 Å². The van der Waals surface area contributed by atoms with Gasteiger partial charge in [0.2, 0.25) is 0 Å². The van der Waals surface area contributed by atoms with Gasteiger partial charge in [-0.15, -0.1) is 0 Å². The van der Waals surface area contributed by atoms with Gasteiger partial charge in [-0.25, -0.2) is 0 Å². The summed E-state index contributed by atoms with van der Waals surface area (Å²) in [5, 5.41) is 11.1. The van der Waals surface area contributed by atoms with Gasteiger partial charge in [-0.3, -0.25) is 0 Å². The number of carbonyl (C=O) groups is 1. The number of aryl methyl sites for hydroxylation is 1. The number of rotatable bonds is 12. The smallest absolute Gasteiger partial charge is 0.339 e. The number of aliphatic carboxylic acids is 1. The number of carboxylic acids is 1. The van der Waals surface area contributed by atoms with E-state index in [4.69, 9.17) is 18.4 Å². The molecule has 0 saturated carbocycles. The van der Waals surface area contributed by atoms with Crippen molar-refractivity contribution in [2.75, 3.05) is 13.2 Å². The minimum Gasteiger partial charge on any atom is -0.546 e. The number of carbonyl (C=O) groups excluding carboxylic acids is 1. The highest BCUT2D eigenvalue weighted by molar-refractivity contribution is 7.87. The number of hydrogen-bond donors (Lipinski definition) is 0. The predicted octanol–water partition coefficient (Wildman–Crippen LogP) is 3.52. The zero-order chi connectivity index (χ0) is 25.5. The molecule has 0 bridgehead atoms. The summed E-state index contributed by atoms with van der Waals surface area (Å²) in [6.45, 7) is 5.43. The van der Waals surface area contributed by atoms with E-state index in [9.17, 15) is 18.3 Å². The monoisotopic (exact) mass is 499 g/mol. The first kappa shape index (κ1) is 25.9. The summed E-state index contributed by atoms with van der Waals surface area (Å²) in [7, 11) is -3.91. The molecule has 3 aromatic carbocycles. The molecule has 0 fully saturated rings. The van der Waals surface area contributed by atoms with E-state index >= 15 is 0 Å². The van der Waals surface area contributed by atoms with Crippen LogP contribution in [0.5, 0.6) is 23.0 Å². The minimum atomic E-state index is -3.91. The first-order valence-electron chi connectivity index (χ1n) is 10.9. The van der Waals surface area contributed by atoms with Crippen molar-refractivity contribution in [2.24, 2.45) is 0 Å². The van der Waals surface area contributed by atoms with Gasteiger partial charge >= 0.3 is 10.1 Å². The van der Waals surface area contributed by atoms with E-state index in [1.807, 2.05) is 6.92 Å². The Bertz CT molecular complexity index is 1230. The van der Waals surface area contributed by atoms with Gasteiger partial charge in [0.15, 0.2) is 0 Å². The van der Waals surface area contributed by atoms with Crippen molar-refractivity contribution in [3.05, 3.63) is 78.4 Å². The lowest BCUT2D eigenvalue weighted by Gasteiger charge is -2.27. The molecule has 0 N–H and O–H groups in total. The maximum Gasteiger partial charge on any atom is 0.339 e. The third-order valence-electron chi connectivity index (χ3n) is 4.84. The highest BCUT2D eigenvalue weighted by Crippen LogP contribution is 2.24. The van der Waals surface area contributed by atoms with Crippen molar-refractivity contribution in [2.45, 2.75) is 37.7 Å². The fourth-order valence-electron chi connectivity index (χ4n) is 2.87. The molecule has 3 rings (SSSR count). The second-order valence-corrected chi connectivity index (χ2v) is 9.79. The van der Waals surface area contributed by atoms with Crippen LogP contribution in [-0.4, -0.2) is 33.2 Å². The van der Waals surface area contributed by atoms with Crippen LogP contribution in [0.15, 0.2) is 77.7 Å². The van der Waals surface area contributed by atoms with Crippen LogP contribution in [0.4, 0.5) is 0 Å². The average molecular weight is 500 g/mol. The van der Waals surface area contributed by atoms with E-state index < -0.39 is 21.7 Å². The van der Waals surface area contributed by atoms with Crippen LogP contribution in [0.1, 0.15) is 25.8 Å². The van der Waals surface area contributed by atoms with Crippen molar-refractivity contribution in [1.29, 1.82) is 0 Å². The summed E-state index contributed by atoms with van der Waals surface area (Å²) >= 11 is 0. The zero-order valence-electron chi connectivity index (χ0n) is 19.7. The summed E-state index contributed by atoms with van der Waals surface area (Å²) in [6.07, 6.45) is 0.579. The van der Waals surface area contributed by atoms with Crippen LogP contribution in [0.2, 0.25) is 0 Å². The molecular formula is C26H27O8S-. The summed E-state index contributed by atoms with van der Waals surface area (Å²) in [5.41, 5.74) is -0.506. The van der Waals surface area contributed by atoms with Crippen molar-refractivity contribution in [1.82, 2.24) is 0 Å². The van der Waals surface area contributed by atoms with Crippen LogP contribution in [0.25, 0.3) is 0 Å². The number of benzene rings is 3. The molecule has 0 aliphatic rings. The molecule has 0 unspecified atom stereocenters. The summed E-state index contributed by atoms with van der Waals surface area (Å²) < 4.78 is 46.7. The van der Waals surface area contributed by atoms with Crippen LogP contribution in [-0.2, 0) is 14.9 Å². The Balaban J connectivity index is 1.43. The summed E-state index contributed by atoms with van der Waals surface area (Å²) in [4.78, 5) is 11.2. The molecule has 35 heavy (non-hydrogen) atoms. The Morgan fingerprint density at radius 2 is 1.40 bits per heavy atom. The lowest BCUT2D eigenvalue weighted by atomic mass is 10.1. The Morgan fingerprint density at radius 1 is 0.829 bits per heavy atom. The highest BCUT2D eigenvalue weighted by Gasteiger charge is 2.21. The predicted molar refractivity (Wildman–Crippen MR) is 127 cm³/mol. The molecular weight excluding hydrogens is 472 g/mol. The molecule has 3 aromatic rings. The third kappa shape index (κ3) is 7.65. The normalized spacial score (nSPS) is 11.5. The molecule has 0 saturated heterocycles. The summed E-state index contributed by atoms with van der Waals surface area (Å²) in [5.74, 6) is 0.330. The number of ether oxygens (including phenoxy) is 3. The summed E-state index contributed by atoms with van der Waals surface area (Å²) in [6, 6.07) is 19.4. The number of carboxylic acid groups (broad SMARTS) is 1. The van der Waals surface area contributed by atoms with Gasteiger partial charge in [0.25, 0.3) is 0 Å². The fourth-order valence-corrected chi connectivity index (χ4v) is 3.80. The number of hydrogen-bond acceptors (Lipinski definition) is 8. The molecule has 0 heterocycles. The van der Waals surface area contributed by atoms with E-state index in [-0.39, 0.29) is 10.6 Å². The minimum absolute atomic E-state index is 0.0862. The second-order valence-electron chi connectivity index (χ2n) is 8.25. The van der Waals surface area contributed by atoms with Gasteiger partial charge in [0.05, 0.1) is 19.2 Å². The highest BCUT2D eigenvalue weighted by atomic mass is 32.2. The van der Waals surface area contributed by atoms with Gasteiger partial charge in [0, 0.05) is 12.5 Å². The van der Waals surface area contributed by atoms with E-state index in [1.54, 1.807) is 48.5 Å². The van der Waals surface area contributed by atoms with Crippen LogP contribution in [0, 0.1) is 6.92 Å². The largest absolute Gasteiger partial charge is 0.546 e. The molecule has 0 atom stereocenters. The topological polar surface area (TPSA) is 111 Å². The third-order valence-corrected chi connectivity index (χ3v) is 6.10. The molecule has 9 heteroatoms. The van der Waals surface area contributed by atoms with E-state index in [0.29, 0.717) is 36.9 Å². The Hall–Kier alpha value is -3.72. The van der Waals surface area contributed by atoms with Gasteiger partial charge in [-0.2, -0.15) is 8.42 Å². The molecule has 0 aromatic heterocycles. The van der Waals surface area contributed by atoms with Gasteiger partial charge in [0.1, 0.15) is 33.5 Å². The van der Waals surface area contributed by atoms with E-state index in [1.165, 1.54) is 38.1 Å². The molecule has 0 aliphatic heterocycles. The molecule has 186 valence electrons. The van der Waals surface area contributed by atoms with Crippen molar-refractivity contribution < 1.29 is 36.7 Å². The standard InChI is InChI=1S/C26H28O8S/c1-19-8-14-24(15-9-19)35(29,30)34-21-12-10-20(11-13-21)31-16-5-17-32-22-6-4-7-23(18-22)33-26(2,3)25(27)28/h4,6-15,18H,5,16-17H2,1-3H3,(H,27,28)/p-1. The van der Waals surface area contributed by atoms with Crippen molar-refractivity contribution >= 4 is 16.1 Å². The van der Waals surface area contributed by atoms with Gasteiger partial charge in [-0.05, 0) is 69.3 Å². The first-order valence-corrected chi connectivity index (χ1v) is 12.3. The van der Waals surface area contributed by atoms with Crippen LogP contribution in [0.3, 0.4) is 0 Å². The first-order chi connectivity index (χ1) is 16.5. The van der Waals surface area contributed by atoms with E-state index in [0.717, 1.165) is 5.56 Å². The lowest BCUT2D eigenvalue weighted by molar-refractivity contribution is -0.320. The quantitative estimate of drug-likeness (QED) is 0.275. The van der Waals surface area contributed by atoms with Crippen LogP contribution < -0.4 is 23.5 Å². The molecule has 0 amide bonds. The maximum atomic E-state index is 12.4. The van der Waals surface area contributed by atoms with Crippen molar-refractivity contribution in [3.63, 3.8) is 0 Å².